The molecule has 1 aromatic rings. The molecule has 1 heterocycles. The zero-order valence-electron chi connectivity index (χ0n) is 15.9. The first kappa shape index (κ1) is 20.7. The fraction of sp³-hybridized carbons (Fsp3) is 0.684. The third-order valence-electron chi connectivity index (χ3n) is 5.67. The first-order chi connectivity index (χ1) is 13.0. The second-order valence-electron chi connectivity index (χ2n) is 7.38. The van der Waals surface area contributed by atoms with Crippen LogP contribution in [-0.4, -0.2) is 63.6 Å². The minimum atomic E-state index is -3.56. The molecular formula is C19H30FN3O3S. The van der Waals surface area contributed by atoms with E-state index in [1.54, 1.807) is 19.2 Å². The van der Waals surface area contributed by atoms with E-state index in [0.29, 0.717) is 13.2 Å². The van der Waals surface area contributed by atoms with Gasteiger partial charge < -0.3 is 4.74 Å². The summed E-state index contributed by atoms with van der Waals surface area (Å²) in [5.41, 5.74) is 0.904. The molecule has 1 aliphatic carbocycles. The predicted octanol–water partition coefficient (Wildman–Crippen LogP) is 2.30. The van der Waals surface area contributed by atoms with Gasteiger partial charge in [0.25, 0.3) is 10.2 Å². The molecule has 152 valence electrons. The summed E-state index contributed by atoms with van der Waals surface area (Å²) in [4.78, 5) is 2.19. The Labute approximate surface area is 161 Å². The van der Waals surface area contributed by atoms with Gasteiger partial charge in [0.15, 0.2) is 0 Å². The topological polar surface area (TPSA) is 61.9 Å². The van der Waals surface area contributed by atoms with Crippen LogP contribution in [0.4, 0.5) is 4.39 Å². The van der Waals surface area contributed by atoms with Crippen molar-refractivity contribution in [3.8, 4) is 0 Å². The Morgan fingerprint density at radius 2 is 1.81 bits per heavy atom. The van der Waals surface area contributed by atoms with Gasteiger partial charge in [-0.15, -0.1) is 0 Å². The van der Waals surface area contributed by atoms with Crippen molar-refractivity contribution in [3.05, 3.63) is 35.6 Å². The quantitative estimate of drug-likeness (QED) is 0.764. The molecular weight excluding hydrogens is 369 g/mol. The number of rotatable bonds is 7. The highest BCUT2D eigenvalue weighted by Gasteiger charge is 2.30. The van der Waals surface area contributed by atoms with E-state index in [1.807, 2.05) is 0 Å². The van der Waals surface area contributed by atoms with Gasteiger partial charge >= 0.3 is 0 Å². The van der Waals surface area contributed by atoms with Crippen molar-refractivity contribution in [1.29, 1.82) is 0 Å². The molecule has 1 aliphatic heterocycles. The molecule has 8 heteroatoms. The van der Waals surface area contributed by atoms with Crippen molar-refractivity contribution in [2.24, 2.45) is 0 Å². The Kier molecular flexibility index (Phi) is 7.22. The molecule has 0 bridgehead atoms. The van der Waals surface area contributed by atoms with E-state index in [9.17, 15) is 12.8 Å². The number of nitrogens with zero attached hydrogens (tertiary/aromatic N) is 2. The van der Waals surface area contributed by atoms with Crippen LogP contribution >= 0.6 is 0 Å². The molecule has 1 unspecified atom stereocenters. The van der Waals surface area contributed by atoms with Crippen LogP contribution in [0.15, 0.2) is 24.3 Å². The first-order valence-electron chi connectivity index (χ1n) is 9.77. The lowest BCUT2D eigenvalue weighted by Crippen LogP contribution is -2.48. The largest absolute Gasteiger partial charge is 0.379 e. The summed E-state index contributed by atoms with van der Waals surface area (Å²) in [6.07, 6.45) is 5.18. The lowest BCUT2D eigenvalue weighted by atomic mass is 9.96. The molecule has 0 amide bonds. The number of halogens is 1. The summed E-state index contributed by atoms with van der Waals surface area (Å²) in [7, 11) is -1.89. The molecule has 1 aromatic carbocycles. The fourth-order valence-corrected chi connectivity index (χ4v) is 5.13. The first-order valence-corrected chi connectivity index (χ1v) is 11.2. The molecule has 2 fully saturated rings. The van der Waals surface area contributed by atoms with Crippen LogP contribution < -0.4 is 4.72 Å². The molecule has 1 saturated carbocycles. The number of benzene rings is 1. The highest BCUT2D eigenvalue weighted by Crippen LogP contribution is 2.25. The second-order valence-corrected chi connectivity index (χ2v) is 9.19. The van der Waals surface area contributed by atoms with Crippen LogP contribution in [0.2, 0.25) is 0 Å². The van der Waals surface area contributed by atoms with Crippen LogP contribution in [0.1, 0.15) is 43.7 Å². The average molecular weight is 400 g/mol. The molecule has 27 heavy (non-hydrogen) atoms. The number of morpholine rings is 1. The van der Waals surface area contributed by atoms with Gasteiger partial charge in [-0.25, -0.2) is 9.11 Å². The van der Waals surface area contributed by atoms with E-state index in [0.717, 1.165) is 44.3 Å². The van der Waals surface area contributed by atoms with E-state index in [-0.39, 0.29) is 24.4 Å². The van der Waals surface area contributed by atoms with Crippen molar-refractivity contribution in [2.75, 3.05) is 39.9 Å². The smallest absolute Gasteiger partial charge is 0.279 e. The van der Waals surface area contributed by atoms with Gasteiger partial charge in [-0.1, -0.05) is 31.4 Å². The minimum Gasteiger partial charge on any atom is -0.379 e. The van der Waals surface area contributed by atoms with Crippen LogP contribution in [-0.2, 0) is 14.9 Å². The van der Waals surface area contributed by atoms with E-state index in [4.69, 9.17) is 4.74 Å². The third kappa shape index (κ3) is 5.48. The van der Waals surface area contributed by atoms with E-state index in [1.165, 1.54) is 22.9 Å². The summed E-state index contributed by atoms with van der Waals surface area (Å²) < 4.78 is 48.7. The van der Waals surface area contributed by atoms with Gasteiger partial charge in [0.05, 0.1) is 13.2 Å². The Hall–Kier alpha value is -1.06. The van der Waals surface area contributed by atoms with E-state index >= 15 is 0 Å². The van der Waals surface area contributed by atoms with Gasteiger partial charge in [0.2, 0.25) is 0 Å². The molecule has 1 saturated heterocycles. The summed E-state index contributed by atoms with van der Waals surface area (Å²) >= 11 is 0. The zero-order valence-corrected chi connectivity index (χ0v) is 16.8. The number of hydrogen-bond acceptors (Lipinski definition) is 4. The van der Waals surface area contributed by atoms with Crippen molar-refractivity contribution in [2.45, 2.75) is 44.2 Å². The second kappa shape index (κ2) is 9.43. The Bertz CT molecular complexity index is 687. The monoisotopic (exact) mass is 399 g/mol. The van der Waals surface area contributed by atoms with Crippen LogP contribution in [0.3, 0.4) is 0 Å². The molecule has 3 rings (SSSR count). The Morgan fingerprint density at radius 1 is 1.19 bits per heavy atom. The maximum atomic E-state index is 13.3. The molecule has 6 nitrogen and oxygen atoms in total. The summed E-state index contributed by atoms with van der Waals surface area (Å²) in [5, 5.41) is 0. The van der Waals surface area contributed by atoms with Crippen LogP contribution in [0, 0.1) is 5.82 Å². The lowest BCUT2D eigenvalue weighted by Gasteiger charge is -2.36. The number of hydrogen-bond donors (Lipinski definition) is 1. The average Bonchev–Trinajstić information content (AvgIpc) is 2.70. The van der Waals surface area contributed by atoms with E-state index in [2.05, 4.69) is 9.62 Å². The van der Waals surface area contributed by atoms with Crippen molar-refractivity contribution >= 4 is 10.2 Å². The summed E-state index contributed by atoms with van der Waals surface area (Å²) in [5.74, 6) is -0.294. The maximum absolute atomic E-state index is 13.3. The fourth-order valence-electron chi connectivity index (χ4n) is 3.96. The molecule has 0 aromatic heterocycles. The predicted molar refractivity (Wildman–Crippen MR) is 103 cm³/mol. The maximum Gasteiger partial charge on any atom is 0.279 e. The van der Waals surface area contributed by atoms with Gasteiger partial charge in [-0.05, 0) is 30.5 Å². The lowest BCUT2D eigenvalue weighted by molar-refractivity contribution is 0.0171. The Morgan fingerprint density at radius 3 is 2.44 bits per heavy atom. The normalized spacial score (nSPS) is 21.4. The van der Waals surface area contributed by atoms with Crippen molar-refractivity contribution in [1.82, 2.24) is 13.9 Å². The van der Waals surface area contributed by atoms with Gasteiger partial charge in [0, 0.05) is 38.8 Å². The van der Waals surface area contributed by atoms with Gasteiger partial charge in [-0.2, -0.15) is 12.7 Å². The summed E-state index contributed by atoms with van der Waals surface area (Å²) in [6.45, 7) is 2.94. The zero-order chi connectivity index (χ0) is 19.3. The van der Waals surface area contributed by atoms with Crippen molar-refractivity contribution < 1.29 is 17.5 Å². The molecule has 0 spiro atoms. The van der Waals surface area contributed by atoms with Gasteiger partial charge in [-0.3, -0.25) is 4.90 Å². The SMILES string of the molecule is CN(C1CCCCC1)S(=O)(=O)NCC(c1ccc(F)cc1)N1CCOCC1. The van der Waals surface area contributed by atoms with Crippen LogP contribution in [0.25, 0.3) is 0 Å². The highest BCUT2D eigenvalue weighted by atomic mass is 32.2. The van der Waals surface area contributed by atoms with Gasteiger partial charge in [0.1, 0.15) is 5.82 Å². The molecule has 0 radical (unpaired) electrons. The van der Waals surface area contributed by atoms with Crippen molar-refractivity contribution in [3.63, 3.8) is 0 Å². The number of ether oxygens (including phenoxy) is 1. The van der Waals surface area contributed by atoms with E-state index < -0.39 is 10.2 Å². The molecule has 1 N–H and O–H groups in total. The Balaban J connectivity index is 1.70. The number of nitrogens with one attached hydrogen (secondary N) is 1. The molecule has 2 aliphatic rings. The summed E-state index contributed by atoms with van der Waals surface area (Å²) in [6, 6.07) is 6.23. The van der Waals surface area contributed by atoms with Crippen LogP contribution in [0.5, 0.6) is 0 Å². The standard InChI is InChI=1S/C19H30FN3O3S/c1-22(18-5-3-2-4-6-18)27(24,25)21-15-19(23-11-13-26-14-12-23)16-7-9-17(20)10-8-16/h7-10,18-19,21H,2-6,11-15H2,1H3. The minimum absolute atomic E-state index is 0.0731. The highest BCUT2D eigenvalue weighted by molar-refractivity contribution is 7.87. The molecule has 1 atom stereocenters. The third-order valence-corrected chi connectivity index (χ3v) is 7.26.